The summed E-state index contributed by atoms with van der Waals surface area (Å²) in [6.07, 6.45) is 0. The van der Waals surface area contributed by atoms with E-state index < -0.39 is 0 Å². The maximum atomic E-state index is 9.28. The highest BCUT2D eigenvalue weighted by molar-refractivity contribution is 6.30. The normalized spacial score (nSPS) is 13.6. The van der Waals surface area contributed by atoms with Gasteiger partial charge in [0.15, 0.2) is 0 Å². The second-order valence-electron chi connectivity index (χ2n) is 5.01. The molecule has 0 saturated heterocycles. The van der Waals surface area contributed by atoms with Crippen LogP contribution in [0.3, 0.4) is 0 Å². The van der Waals surface area contributed by atoms with Crippen LogP contribution >= 0.6 is 11.6 Å². The van der Waals surface area contributed by atoms with E-state index in [1.807, 2.05) is 12.1 Å². The third-order valence-corrected chi connectivity index (χ3v) is 2.96. The van der Waals surface area contributed by atoms with Crippen LogP contribution in [0, 0.1) is 11.3 Å². The average molecular weight is 243 g/mol. The molecule has 0 spiro atoms. The van der Waals surface area contributed by atoms with Crippen LogP contribution in [0.2, 0.25) is 5.02 Å². The molecular weight excluding hydrogens is 224 g/mol. The molecule has 1 unspecified atom stereocenters. The predicted octanol–water partition coefficient (Wildman–Crippen LogP) is 3.37. The summed E-state index contributed by atoms with van der Waals surface area (Å²) < 4.78 is 5.62. The van der Waals surface area contributed by atoms with Gasteiger partial charge in [-0.2, -0.15) is 0 Å². The predicted molar refractivity (Wildman–Crippen MR) is 67.0 cm³/mol. The number of rotatable bonds is 4. The van der Waals surface area contributed by atoms with Gasteiger partial charge >= 0.3 is 0 Å². The van der Waals surface area contributed by atoms with Gasteiger partial charge < -0.3 is 9.84 Å². The molecular formula is C13H19ClO2. The fourth-order valence-corrected chi connectivity index (χ4v) is 1.43. The molecule has 0 radical (unpaired) electrons. The van der Waals surface area contributed by atoms with Crippen molar-refractivity contribution in [3.8, 4) is 5.75 Å². The van der Waals surface area contributed by atoms with Gasteiger partial charge in [-0.25, -0.2) is 0 Å². The van der Waals surface area contributed by atoms with Gasteiger partial charge in [-0.15, -0.1) is 0 Å². The Morgan fingerprint density at radius 2 is 1.81 bits per heavy atom. The molecule has 1 atom stereocenters. The van der Waals surface area contributed by atoms with Gasteiger partial charge in [-0.1, -0.05) is 32.4 Å². The summed E-state index contributed by atoms with van der Waals surface area (Å²) in [6, 6.07) is 7.25. The number of benzene rings is 1. The molecule has 1 rings (SSSR count). The van der Waals surface area contributed by atoms with Crippen LogP contribution in [0.5, 0.6) is 5.75 Å². The Morgan fingerprint density at radius 1 is 1.25 bits per heavy atom. The Kier molecular flexibility index (Phi) is 4.63. The Bertz CT molecular complexity index is 314. The lowest BCUT2D eigenvalue weighted by atomic mass is 9.82. The van der Waals surface area contributed by atoms with Gasteiger partial charge in [0.25, 0.3) is 0 Å². The van der Waals surface area contributed by atoms with Crippen molar-refractivity contribution in [3.05, 3.63) is 29.3 Å². The van der Waals surface area contributed by atoms with Crippen LogP contribution in [0.4, 0.5) is 0 Å². The van der Waals surface area contributed by atoms with E-state index in [0.29, 0.717) is 11.6 Å². The van der Waals surface area contributed by atoms with Crippen molar-refractivity contribution in [1.82, 2.24) is 0 Å². The smallest absolute Gasteiger partial charge is 0.119 e. The zero-order chi connectivity index (χ0) is 12.2. The van der Waals surface area contributed by atoms with Crippen LogP contribution in [0.25, 0.3) is 0 Å². The second kappa shape index (κ2) is 5.55. The maximum Gasteiger partial charge on any atom is 0.119 e. The maximum absolute atomic E-state index is 9.28. The number of hydrogen-bond donors (Lipinski definition) is 1. The van der Waals surface area contributed by atoms with Gasteiger partial charge in [0.05, 0.1) is 6.61 Å². The molecule has 0 saturated carbocycles. The van der Waals surface area contributed by atoms with E-state index in [1.54, 1.807) is 12.1 Å². The molecule has 90 valence electrons. The van der Waals surface area contributed by atoms with Crippen LogP contribution in [-0.4, -0.2) is 18.3 Å². The first-order chi connectivity index (χ1) is 7.43. The SMILES string of the molecule is CC(C)(C)C(CO)COc1ccc(Cl)cc1. The second-order valence-corrected chi connectivity index (χ2v) is 5.45. The zero-order valence-electron chi connectivity index (χ0n) is 10.0. The number of ether oxygens (including phenoxy) is 1. The molecule has 3 heteroatoms. The van der Waals surface area contributed by atoms with Crippen molar-refractivity contribution in [2.75, 3.05) is 13.2 Å². The summed E-state index contributed by atoms with van der Waals surface area (Å²) in [5.41, 5.74) is 0.0428. The van der Waals surface area contributed by atoms with Crippen molar-refractivity contribution >= 4 is 11.6 Å². The molecule has 0 heterocycles. The lowest BCUT2D eigenvalue weighted by Gasteiger charge is -2.28. The summed E-state index contributed by atoms with van der Waals surface area (Å²) in [5, 5.41) is 9.98. The summed E-state index contributed by atoms with van der Waals surface area (Å²) in [5.74, 6) is 0.912. The minimum atomic E-state index is 0.0428. The first-order valence-electron chi connectivity index (χ1n) is 5.42. The fraction of sp³-hybridized carbons (Fsp3) is 0.538. The Hall–Kier alpha value is -0.730. The number of aliphatic hydroxyl groups is 1. The number of halogens is 1. The molecule has 0 amide bonds. The first kappa shape index (κ1) is 13.3. The first-order valence-corrected chi connectivity index (χ1v) is 5.80. The molecule has 1 N–H and O–H groups in total. The fourth-order valence-electron chi connectivity index (χ4n) is 1.30. The van der Waals surface area contributed by atoms with E-state index in [-0.39, 0.29) is 17.9 Å². The van der Waals surface area contributed by atoms with E-state index in [9.17, 15) is 5.11 Å². The molecule has 0 aliphatic heterocycles. The monoisotopic (exact) mass is 242 g/mol. The highest BCUT2D eigenvalue weighted by Gasteiger charge is 2.24. The highest BCUT2D eigenvalue weighted by Crippen LogP contribution is 2.26. The molecule has 0 fully saturated rings. The summed E-state index contributed by atoms with van der Waals surface area (Å²) in [4.78, 5) is 0. The van der Waals surface area contributed by atoms with E-state index in [1.165, 1.54) is 0 Å². The third kappa shape index (κ3) is 4.03. The highest BCUT2D eigenvalue weighted by atomic mass is 35.5. The molecule has 0 aliphatic carbocycles. The molecule has 0 aromatic heterocycles. The van der Waals surface area contributed by atoms with Gasteiger partial charge in [-0.3, -0.25) is 0 Å². The average Bonchev–Trinajstić information content (AvgIpc) is 2.19. The number of aliphatic hydroxyl groups excluding tert-OH is 1. The van der Waals surface area contributed by atoms with E-state index in [0.717, 1.165) is 5.75 Å². The van der Waals surface area contributed by atoms with Crippen molar-refractivity contribution in [2.45, 2.75) is 20.8 Å². The van der Waals surface area contributed by atoms with Crippen molar-refractivity contribution in [1.29, 1.82) is 0 Å². The van der Waals surface area contributed by atoms with E-state index >= 15 is 0 Å². The van der Waals surface area contributed by atoms with Crippen LogP contribution in [-0.2, 0) is 0 Å². The Morgan fingerprint density at radius 3 is 2.25 bits per heavy atom. The van der Waals surface area contributed by atoms with Gasteiger partial charge in [0, 0.05) is 17.5 Å². The Labute approximate surface area is 102 Å². The molecule has 16 heavy (non-hydrogen) atoms. The lowest BCUT2D eigenvalue weighted by molar-refractivity contribution is 0.0818. The van der Waals surface area contributed by atoms with Crippen LogP contribution in [0.1, 0.15) is 20.8 Å². The summed E-state index contributed by atoms with van der Waals surface area (Å²) in [6.45, 7) is 6.94. The van der Waals surface area contributed by atoms with E-state index in [4.69, 9.17) is 16.3 Å². The van der Waals surface area contributed by atoms with Gasteiger partial charge in [0.1, 0.15) is 5.75 Å². The minimum absolute atomic E-state index is 0.0428. The molecule has 1 aromatic carbocycles. The quantitative estimate of drug-likeness (QED) is 0.877. The van der Waals surface area contributed by atoms with Gasteiger partial charge in [0.2, 0.25) is 0 Å². The zero-order valence-corrected chi connectivity index (χ0v) is 10.8. The standard InChI is InChI=1S/C13H19ClO2/c1-13(2,3)10(8-15)9-16-12-6-4-11(14)5-7-12/h4-7,10,15H,8-9H2,1-3H3. The molecule has 0 aliphatic rings. The lowest BCUT2D eigenvalue weighted by Crippen LogP contribution is -2.29. The minimum Gasteiger partial charge on any atom is -0.493 e. The molecule has 0 bridgehead atoms. The largest absolute Gasteiger partial charge is 0.493 e. The summed E-state index contributed by atoms with van der Waals surface area (Å²) >= 11 is 5.78. The van der Waals surface area contributed by atoms with Crippen molar-refractivity contribution in [3.63, 3.8) is 0 Å². The molecule has 2 nitrogen and oxygen atoms in total. The Balaban J connectivity index is 2.53. The van der Waals surface area contributed by atoms with Gasteiger partial charge in [-0.05, 0) is 29.7 Å². The third-order valence-electron chi connectivity index (χ3n) is 2.71. The van der Waals surface area contributed by atoms with Crippen LogP contribution in [0.15, 0.2) is 24.3 Å². The van der Waals surface area contributed by atoms with Crippen molar-refractivity contribution < 1.29 is 9.84 Å². The van der Waals surface area contributed by atoms with Crippen molar-refractivity contribution in [2.24, 2.45) is 11.3 Å². The summed E-state index contributed by atoms with van der Waals surface area (Å²) in [7, 11) is 0. The topological polar surface area (TPSA) is 29.5 Å². The molecule has 1 aromatic rings. The number of hydrogen-bond acceptors (Lipinski definition) is 2. The van der Waals surface area contributed by atoms with E-state index in [2.05, 4.69) is 20.8 Å². The van der Waals surface area contributed by atoms with Crippen LogP contribution < -0.4 is 4.74 Å².